The SMILES string of the molecule is C=[C]CCCCCCCCCCCCCCCCCCCCCCCCCCCC. The molecule has 179 valence electrons. The van der Waals surface area contributed by atoms with E-state index < -0.39 is 0 Å². The van der Waals surface area contributed by atoms with E-state index in [1.54, 1.807) is 0 Å². The van der Waals surface area contributed by atoms with Crippen molar-refractivity contribution >= 4 is 0 Å². The van der Waals surface area contributed by atoms with Gasteiger partial charge in [-0.05, 0) is 12.8 Å². The van der Waals surface area contributed by atoms with Crippen LogP contribution in [0.2, 0.25) is 0 Å². The van der Waals surface area contributed by atoms with Crippen molar-refractivity contribution in [2.75, 3.05) is 0 Å². The van der Waals surface area contributed by atoms with E-state index in [-0.39, 0.29) is 0 Å². The second-order valence-corrected chi connectivity index (χ2v) is 9.84. The van der Waals surface area contributed by atoms with Gasteiger partial charge in [-0.15, -0.1) is 0 Å². The van der Waals surface area contributed by atoms with Crippen LogP contribution < -0.4 is 0 Å². The molecule has 0 heterocycles. The van der Waals surface area contributed by atoms with E-state index in [4.69, 9.17) is 0 Å². The molecule has 0 aromatic rings. The quantitative estimate of drug-likeness (QED) is 0.116. The molecule has 0 spiro atoms. The van der Waals surface area contributed by atoms with E-state index in [0.717, 1.165) is 6.42 Å². The highest BCUT2D eigenvalue weighted by Gasteiger charge is 1.96. The van der Waals surface area contributed by atoms with Crippen LogP contribution in [-0.2, 0) is 0 Å². The summed E-state index contributed by atoms with van der Waals surface area (Å²) in [5.41, 5.74) is 0. The van der Waals surface area contributed by atoms with Gasteiger partial charge in [0.2, 0.25) is 0 Å². The fourth-order valence-electron chi connectivity index (χ4n) is 4.57. The van der Waals surface area contributed by atoms with Gasteiger partial charge in [0, 0.05) is 0 Å². The third-order valence-corrected chi connectivity index (χ3v) is 6.71. The van der Waals surface area contributed by atoms with Gasteiger partial charge in [0.1, 0.15) is 0 Å². The molecule has 0 saturated heterocycles. The molecule has 0 rings (SSSR count). The zero-order valence-corrected chi connectivity index (χ0v) is 21.3. The van der Waals surface area contributed by atoms with E-state index in [1.165, 1.54) is 167 Å². The maximum atomic E-state index is 3.67. The van der Waals surface area contributed by atoms with Crippen LogP contribution in [0.5, 0.6) is 0 Å². The molecule has 1 radical (unpaired) electrons. The van der Waals surface area contributed by atoms with E-state index in [2.05, 4.69) is 19.6 Å². The molecule has 0 aliphatic heterocycles. The van der Waals surface area contributed by atoms with Crippen molar-refractivity contribution in [2.24, 2.45) is 0 Å². The van der Waals surface area contributed by atoms with Crippen LogP contribution in [-0.4, -0.2) is 0 Å². The average Bonchev–Trinajstić information content (AvgIpc) is 2.76. The number of rotatable bonds is 27. The van der Waals surface area contributed by atoms with Crippen LogP contribution in [0, 0.1) is 6.08 Å². The normalized spacial score (nSPS) is 11.2. The molecule has 0 bridgehead atoms. The number of hydrogen-bond acceptors (Lipinski definition) is 0. The Hall–Kier alpha value is -0.260. The average molecular weight is 420 g/mol. The van der Waals surface area contributed by atoms with E-state index >= 15 is 0 Å². The molecule has 0 aliphatic rings. The Morgan fingerprint density at radius 3 is 0.733 bits per heavy atom. The van der Waals surface area contributed by atoms with Crippen LogP contribution in [0.25, 0.3) is 0 Å². The van der Waals surface area contributed by atoms with Gasteiger partial charge in [0.05, 0.1) is 0 Å². The molecular formula is C30H59. The molecule has 0 amide bonds. The lowest BCUT2D eigenvalue weighted by molar-refractivity contribution is 0.515. The lowest BCUT2D eigenvalue weighted by Gasteiger charge is -2.04. The monoisotopic (exact) mass is 419 g/mol. The first-order chi connectivity index (χ1) is 14.9. The molecule has 0 N–H and O–H groups in total. The topological polar surface area (TPSA) is 0 Å². The third kappa shape index (κ3) is 27.7. The molecule has 0 nitrogen and oxygen atoms in total. The minimum absolute atomic E-state index is 1.08. The predicted molar refractivity (Wildman–Crippen MR) is 139 cm³/mol. The van der Waals surface area contributed by atoms with Crippen LogP contribution >= 0.6 is 0 Å². The van der Waals surface area contributed by atoms with Crippen molar-refractivity contribution in [3.8, 4) is 0 Å². The summed E-state index contributed by atoms with van der Waals surface area (Å²) in [6, 6.07) is 0. The van der Waals surface area contributed by atoms with Crippen LogP contribution in [0.1, 0.15) is 180 Å². The lowest BCUT2D eigenvalue weighted by Crippen LogP contribution is -1.84. The number of unbranched alkanes of at least 4 members (excludes halogenated alkanes) is 26. The maximum absolute atomic E-state index is 3.67. The second kappa shape index (κ2) is 28.7. The summed E-state index contributed by atoms with van der Waals surface area (Å²) in [5.74, 6) is 0. The van der Waals surface area contributed by atoms with Crippen LogP contribution in [0.15, 0.2) is 6.58 Å². The maximum Gasteiger partial charge on any atom is -0.0282 e. The minimum atomic E-state index is 1.08. The molecular weight excluding hydrogens is 360 g/mol. The molecule has 30 heavy (non-hydrogen) atoms. The molecule has 0 saturated carbocycles. The van der Waals surface area contributed by atoms with Crippen molar-refractivity contribution in [1.82, 2.24) is 0 Å². The van der Waals surface area contributed by atoms with Gasteiger partial charge in [0.25, 0.3) is 0 Å². The van der Waals surface area contributed by atoms with Crippen molar-refractivity contribution < 1.29 is 0 Å². The van der Waals surface area contributed by atoms with E-state index in [0.29, 0.717) is 0 Å². The van der Waals surface area contributed by atoms with E-state index in [9.17, 15) is 0 Å². The minimum Gasteiger partial charge on any atom is -0.0956 e. The highest BCUT2D eigenvalue weighted by Crippen LogP contribution is 2.16. The largest absolute Gasteiger partial charge is 0.0956 e. The summed E-state index contributed by atoms with van der Waals surface area (Å²) in [4.78, 5) is 0. The number of allylic oxidation sites excluding steroid dienone is 1. The highest BCUT2D eigenvalue weighted by atomic mass is 14.0. The summed E-state index contributed by atoms with van der Waals surface area (Å²) in [7, 11) is 0. The Balaban J connectivity index is 2.98. The summed E-state index contributed by atoms with van der Waals surface area (Å²) in [6.07, 6.45) is 42.0. The fourth-order valence-corrected chi connectivity index (χ4v) is 4.57. The first-order valence-corrected chi connectivity index (χ1v) is 14.4. The Morgan fingerprint density at radius 2 is 0.533 bits per heavy atom. The first-order valence-electron chi connectivity index (χ1n) is 14.4. The van der Waals surface area contributed by atoms with Gasteiger partial charge in [-0.2, -0.15) is 0 Å². The van der Waals surface area contributed by atoms with Gasteiger partial charge in [-0.25, -0.2) is 0 Å². The molecule has 0 atom stereocenters. The Kier molecular flexibility index (Phi) is 28.5. The van der Waals surface area contributed by atoms with Crippen molar-refractivity contribution in [3.63, 3.8) is 0 Å². The van der Waals surface area contributed by atoms with Gasteiger partial charge in [-0.1, -0.05) is 180 Å². The summed E-state index contributed by atoms with van der Waals surface area (Å²) in [6.45, 7) is 5.97. The van der Waals surface area contributed by atoms with Gasteiger partial charge in [0.15, 0.2) is 0 Å². The summed E-state index contributed by atoms with van der Waals surface area (Å²) >= 11 is 0. The van der Waals surface area contributed by atoms with Crippen LogP contribution in [0.3, 0.4) is 0 Å². The Bertz CT molecular complexity index is 292. The van der Waals surface area contributed by atoms with Gasteiger partial charge >= 0.3 is 0 Å². The summed E-state index contributed by atoms with van der Waals surface area (Å²) in [5, 5.41) is 0. The molecule has 0 unspecified atom stereocenters. The Morgan fingerprint density at radius 1 is 0.333 bits per heavy atom. The second-order valence-electron chi connectivity index (χ2n) is 9.84. The predicted octanol–water partition coefficient (Wildman–Crippen LogP) is 11.5. The lowest BCUT2D eigenvalue weighted by atomic mass is 10.0. The zero-order valence-electron chi connectivity index (χ0n) is 21.3. The first kappa shape index (κ1) is 29.7. The van der Waals surface area contributed by atoms with Crippen molar-refractivity contribution in [2.45, 2.75) is 180 Å². The zero-order chi connectivity index (χ0) is 21.8. The molecule has 0 fully saturated rings. The third-order valence-electron chi connectivity index (χ3n) is 6.71. The molecule has 0 aromatic carbocycles. The van der Waals surface area contributed by atoms with Crippen molar-refractivity contribution in [3.05, 3.63) is 12.7 Å². The number of hydrogen-bond donors (Lipinski definition) is 0. The molecule has 0 heteroatoms. The van der Waals surface area contributed by atoms with Gasteiger partial charge < -0.3 is 0 Å². The fraction of sp³-hybridized carbons (Fsp3) is 0.933. The van der Waals surface area contributed by atoms with Crippen molar-refractivity contribution in [1.29, 1.82) is 0 Å². The molecule has 0 aromatic heterocycles. The standard InChI is InChI=1S/C30H59/c1-3-5-7-9-11-13-15-17-19-21-23-25-27-29-30-28-26-24-22-20-18-16-14-12-10-8-6-4-2/h1,4-30H2,2H3. The van der Waals surface area contributed by atoms with Gasteiger partial charge in [-0.3, -0.25) is 0 Å². The van der Waals surface area contributed by atoms with Crippen LogP contribution in [0.4, 0.5) is 0 Å². The molecule has 0 aliphatic carbocycles. The smallest absolute Gasteiger partial charge is 0.0282 e. The highest BCUT2D eigenvalue weighted by molar-refractivity contribution is 4.56. The summed E-state index contributed by atoms with van der Waals surface area (Å²) < 4.78 is 0. The van der Waals surface area contributed by atoms with E-state index in [1.807, 2.05) is 0 Å². The Labute approximate surface area is 193 Å².